The van der Waals surface area contributed by atoms with Crippen LogP contribution in [0.15, 0.2) is 67.0 Å². The van der Waals surface area contributed by atoms with Crippen LogP contribution in [-0.2, 0) is 14.3 Å². The van der Waals surface area contributed by atoms with Crippen LogP contribution in [0.3, 0.4) is 0 Å². The normalized spacial score (nSPS) is 10.2. The van der Waals surface area contributed by atoms with E-state index in [9.17, 15) is 9.59 Å². The summed E-state index contributed by atoms with van der Waals surface area (Å²) in [5, 5.41) is 5.86. The minimum Gasteiger partial charge on any atom is -0.466 e. The van der Waals surface area contributed by atoms with Crippen LogP contribution in [0.4, 0.5) is 17.3 Å². The van der Waals surface area contributed by atoms with E-state index in [1.165, 1.54) is 0 Å². The fourth-order valence-electron chi connectivity index (χ4n) is 2.56. The highest BCUT2D eigenvalue weighted by Crippen LogP contribution is 2.24. The van der Waals surface area contributed by atoms with E-state index in [0.29, 0.717) is 11.6 Å². The predicted molar refractivity (Wildman–Crippen MR) is 107 cm³/mol. The number of benzene rings is 1. The van der Waals surface area contributed by atoms with E-state index in [2.05, 4.69) is 20.6 Å². The average Bonchev–Trinajstić information content (AvgIpc) is 2.69. The number of aromatic nitrogens is 2. The van der Waals surface area contributed by atoms with Crippen molar-refractivity contribution in [1.29, 1.82) is 0 Å². The van der Waals surface area contributed by atoms with Crippen molar-refractivity contribution in [2.24, 2.45) is 0 Å². The van der Waals surface area contributed by atoms with Crippen molar-refractivity contribution in [3.05, 3.63) is 67.0 Å². The molecule has 2 heterocycles. The van der Waals surface area contributed by atoms with Gasteiger partial charge in [0.2, 0.25) is 5.91 Å². The molecule has 0 fully saturated rings. The fourth-order valence-corrected chi connectivity index (χ4v) is 2.56. The number of nitrogens with zero attached hydrogens (tertiary/aromatic N) is 2. The Morgan fingerprint density at radius 2 is 1.57 bits per heavy atom. The molecule has 0 saturated carbocycles. The van der Waals surface area contributed by atoms with Crippen molar-refractivity contribution in [1.82, 2.24) is 9.97 Å². The van der Waals surface area contributed by atoms with Gasteiger partial charge in [-0.05, 0) is 54.4 Å². The number of esters is 1. The molecule has 0 spiro atoms. The van der Waals surface area contributed by atoms with Gasteiger partial charge in [-0.3, -0.25) is 9.59 Å². The minimum atomic E-state index is -0.568. The molecule has 0 aliphatic carbocycles. The Morgan fingerprint density at radius 3 is 2.25 bits per heavy atom. The number of anilines is 3. The van der Waals surface area contributed by atoms with Crippen LogP contribution in [0.1, 0.15) is 13.3 Å². The van der Waals surface area contributed by atoms with E-state index in [4.69, 9.17) is 4.74 Å². The lowest BCUT2D eigenvalue weighted by atomic mass is 10.1. The molecule has 0 aliphatic rings. The lowest BCUT2D eigenvalue weighted by molar-refractivity contribution is -0.145. The second kappa shape index (κ2) is 9.27. The molecule has 2 aromatic heterocycles. The van der Waals surface area contributed by atoms with E-state index in [0.717, 1.165) is 16.8 Å². The van der Waals surface area contributed by atoms with E-state index in [-0.39, 0.29) is 13.0 Å². The third kappa shape index (κ3) is 5.38. The highest BCUT2D eigenvalue weighted by Gasteiger charge is 2.11. The number of nitrogens with one attached hydrogen (secondary N) is 2. The standard InChI is InChI=1S/C21H20N4O3/c1-2-28-21(27)14-20(26)25-19-13-16(9-11-23-19)15-8-10-22-18(12-15)24-17-6-4-3-5-7-17/h3-13H,2,14H2,1H3,(H,22,24)(H,23,25,26). The Morgan fingerprint density at radius 1 is 0.929 bits per heavy atom. The zero-order valence-electron chi connectivity index (χ0n) is 15.4. The summed E-state index contributed by atoms with van der Waals surface area (Å²) in [6, 6.07) is 17.1. The lowest BCUT2D eigenvalue weighted by Crippen LogP contribution is -2.18. The predicted octanol–water partition coefficient (Wildman–Crippen LogP) is 3.78. The maximum atomic E-state index is 11.9. The van der Waals surface area contributed by atoms with E-state index in [1.54, 1.807) is 25.4 Å². The first-order chi connectivity index (χ1) is 13.6. The molecular formula is C21H20N4O3. The lowest BCUT2D eigenvalue weighted by Gasteiger charge is -2.09. The number of carbonyl (C=O) groups excluding carboxylic acids is 2. The molecule has 3 aromatic rings. The monoisotopic (exact) mass is 376 g/mol. The highest BCUT2D eigenvalue weighted by atomic mass is 16.5. The Kier molecular flexibility index (Phi) is 6.30. The van der Waals surface area contributed by atoms with Gasteiger partial charge >= 0.3 is 5.97 Å². The molecule has 1 amide bonds. The SMILES string of the molecule is CCOC(=O)CC(=O)Nc1cc(-c2ccnc(Nc3ccccc3)c2)ccn1. The number of hydrogen-bond donors (Lipinski definition) is 2. The van der Waals surface area contributed by atoms with Crippen molar-refractivity contribution < 1.29 is 14.3 Å². The van der Waals surface area contributed by atoms with Crippen molar-refractivity contribution >= 4 is 29.2 Å². The molecule has 0 bridgehead atoms. The molecule has 3 rings (SSSR count). The van der Waals surface area contributed by atoms with Gasteiger partial charge in [-0.25, -0.2) is 9.97 Å². The summed E-state index contributed by atoms with van der Waals surface area (Å²) in [6.07, 6.45) is 2.96. The van der Waals surface area contributed by atoms with Crippen LogP contribution < -0.4 is 10.6 Å². The van der Waals surface area contributed by atoms with E-state index >= 15 is 0 Å². The molecule has 7 nitrogen and oxygen atoms in total. The second-order valence-electron chi connectivity index (χ2n) is 5.88. The Hall–Kier alpha value is -3.74. The highest BCUT2D eigenvalue weighted by molar-refractivity contribution is 6.01. The van der Waals surface area contributed by atoms with Gasteiger partial charge in [0, 0.05) is 18.1 Å². The summed E-state index contributed by atoms with van der Waals surface area (Å²) < 4.78 is 4.77. The molecule has 0 unspecified atom stereocenters. The van der Waals surface area contributed by atoms with Gasteiger partial charge in [-0.15, -0.1) is 0 Å². The molecule has 28 heavy (non-hydrogen) atoms. The molecule has 0 radical (unpaired) electrons. The quantitative estimate of drug-likeness (QED) is 0.481. The summed E-state index contributed by atoms with van der Waals surface area (Å²) in [5.74, 6) is 0.0285. The summed E-state index contributed by atoms with van der Waals surface area (Å²) in [5.41, 5.74) is 2.71. The zero-order valence-corrected chi connectivity index (χ0v) is 15.4. The first-order valence-corrected chi connectivity index (χ1v) is 8.84. The topological polar surface area (TPSA) is 93.2 Å². The van der Waals surface area contributed by atoms with Crippen molar-refractivity contribution in [3.63, 3.8) is 0 Å². The maximum absolute atomic E-state index is 11.9. The second-order valence-corrected chi connectivity index (χ2v) is 5.88. The zero-order chi connectivity index (χ0) is 19.8. The molecular weight excluding hydrogens is 356 g/mol. The fraction of sp³-hybridized carbons (Fsp3) is 0.143. The third-order valence-corrected chi connectivity index (χ3v) is 3.78. The summed E-state index contributed by atoms with van der Waals surface area (Å²) >= 11 is 0. The average molecular weight is 376 g/mol. The van der Waals surface area contributed by atoms with Crippen LogP contribution in [-0.4, -0.2) is 28.5 Å². The van der Waals surface area contributed by atoms with Gasteiger partial charge in [0.15, 0.2) is 0 Å². The molecule has 0 aliphatic heterocycles. The van der Waals surface area contributed by atoms with E-state index < -0.39 is 11.9 Å². The molecule has 142 valence electrons. The van der Waals surface area contributed by atoms with Gasteiger partial charge in [-0.2, -0.15) is 0 Å². The molecule has 2 N–H and O–H groups in total. The Bertz CT molecular complexity index is 961. The number of amides is 1. The van der Waals surface area contributed by atoms with Crippen LogP contribution in [0.5, 0.6) is 0 Å². The number of carbonyl (C=O) groups is 2. The Labute approximate surface area is 162 Å². The molecule has 0 saturated heterocycles. The first kappa shape index (κ1) is 19.0. The van der Waals surface area contributed by atoms with Crippen LogP contribution in [0, 0.1) is 0 Å². The van der Waals surface area contributed by atoms with Gasteiger partial charge in [0.25, 0.3) is 0 Å². The van der Waals surface area contributed by atoms with Crippen LogP contribution in [0.25, 0.3) is 11.1 Å². The number of hydrogen-bond acceptors (Lipinski definition) is 6. The summed E-state index contributed by atoms with van der Waals surface area (Å²) in [6.45, 7) is 1.93. The van der Waals surface area contributed by atoms with Crippen molar-refractivity contribution in [2.75, 3.05) is 17.2 Å². The summed E-state index contributed by atoms with van der Waals surface area (Å²) in [4.78, 5) is 31.8. The number of ether oxygens (including phenoxy) is 1. The third-order valence-electron chi connectivity index (χ3n) is 3.78. The van der Waals surface area contributed by atoms with Crippen LogP contribution in [0.2, 0.25) is 0 Å². The van der Waals surface area contributed by atoms with Crippen LogP contribution >= 0.6 is 0 Å². The minimum absolute atomic E-state index is 0.237. The largest absolute Gasteiger partial charge is 0.466 e. The molecule has 1 aromatic carbocycles. The van der Waals surface area contributed by atoms with Crippen molar-refractivity contribution in [3.8, 4) is 11.1 Å². The smallest absolute Gasteiger partial charge is 0.315 e. The molecule has 7 heteroatoms. The van der Waals surface area contributed by atoms with Gasteiger partial charge < -0.3 is 15.4 Å². The number of para-hydroxylation sites is 1. The van der Waals surface area contributed by atoms with E-state index in [1.807, 2.05) is 48.5 Å². The maximum Gasteiger partial charge on any atom is 0.315 e. The van der Waals surface area contributed by atoms with Gasteiger partial charge in [0.05, 0.1) is 6.61 Å². The first-order valence-electron chi connectivity index (χ1n) is 8.84. The molecule has 0 atom stereocenters. The van der Waals surface area contributed by atoms with Gasteiger partial charge in [-0.1, -0.05) is 18.2 Å². The number of rotatable bonds is 7. The number of pyridine rings is 2. The summed E-state index contributed by atoms with van der Waals surface area (Å²) in [7, 11) is 0. The van der Waals surface area contributed by atoms with Crippen molar-refractivity contribution in [2.45, 2.75) is 13.3 Å². The van der Waals surface area contributed by atoms with Gasteiger partial charge in [0.1, 0.15) is 18.1 Å². The Balaban J connectivity index is 1.72.